The molecule has 0 bridgehead atoms. The maximum Gasteiger partial charge on any atom is 0.407 e. The van der Waals surface area contributed by atoms with Crippen LogP contribution in [0.4, 0.5) is 10.6 Å². The molecule has 0 saturated carbocycles. The average molecular weight is 303 g/mol. The lowest BCUT2D eigenvalue weighted by molar-refractivity contribution is 0.167. The number of alkyl carbamates (subject to hydrolysis) is 1. The van der Waals surface area contributed by atoms with Crippen LogP contribution in [0.1, 0.15) is 6.42 Å². The highest BCUT2D eigenvalue weighted by Crippen LogP contribution is 2.24. The molecule has 9 nitrogen and oxygen atoms in total. The number of aromatic nitrogens is 2. The Morgan fingerprint density at radius 1 is 1.60 bits per heavy atom. The van der Waals surface area contributed by atoms with Crippen LogP contribution in [0.2, 0.25) is 0 Å². The lowest BCUT2D eigenvalue weighted by atomic mass is 10.3. The summed E-state index contributed by atoms with van der Waals surface area (Å²) in [5, 5.41) is 6.41. The Bertz CT molecular complexity index is 611. The number of carbonyl (C=O) groups is 1. The van der Waals surface area contributed by atoms with Gasteiger partial charge in [-0.2, -0.15) is 9.40 Å². The van der Waals surface area contributed by atoms with Crippen LogP contribution in [-0.2, 0) is 21.8 Å². The first-order chi connectivity index (χ1) is 9.34. The van der Waals surface area contributed by atoms with E-state index >= 15 is 0 Å². The molecule has 10 heteroatoms. The van der Waals surface area contributed by atoms with Crippen molar-refractivity contribution in [3.8, 4) is 0 Å². The molecule has 2 heterocycles. The van der Waals surface area contributed by atoms with E-state index in [0.29, 0.717) is 13.0 Å². The van der Waals surface area contributed by atoms with E-state index in [4.69, 9.17) is 5.73 Å². The molecular formula is C10H17N5O4S. The van der Waals surface area contributed by atoms with Crippen molar-refractivity contribution >= 4 is 21.9 Å². The molecule has 112 valence electrons. The first kappa shape index (κ1) is 14.6. The van der Waals surface area contributed by atoms with Gasteiger partial charge in [-0.05, 0) is 6.42 Å². The third-order valence-electron chi connectivity index (χ3n) is 3.10. The van der Waals surface area contributed by atoms with Gasteiger partial charge in [-0.1, -0.05) is 0 Å². The van der Waals surface area contributed by atoms with E-state index in [1.165, 1.54) is 22.3 Å². The van der Waals surface area contributed by atoms with Crippen molar-refractivity contribution < 1.29 is 17.9 Å². The monoisotopic (exact) mass is 303 g/mol. The Balaban J connectivity index is 2.13. The van der Waals surface area contributed by atoms with Crippen LogP contribution >= 0.6 is 0 Å². The fourth-order valence-corrected chi connectivity index (χ4v) is 3.70. The Kier molecular flexibility index (Phi) is 3.86. The SMILES string of the molecule is COC(=O)NC1CCN(S(=O)(=O)c2cn(C)nc2N)C1. The van der Waals surface area contributed by atoms with E-state index in [2.05, 4.69) is 15.2 Å². The lowest BCUT2D eigenvalue weighted by Crippen LogP contribution is -2.38. The minimum atomic E-state index is -3.69. The second-order valence-electron chi connectivity index (χ2n) is 4.54. The molecule has 0 aromatic carbocycles. The van der Waals surface area contributed by atoms with Crippen molar-refractivity contribution in [2.45, 2.75) is 17.4 Å². The minimum Gasteiger partial charge on any atom is -0.453 e. The highest BCUT2D eigenvalue weighted by molar-refractivity contribution is 7.89. The van der Waals surface area contributed by atoms with Crippen molar-refractivity contribution in [1.29, 1.82) is 0 Å². The number of hydrogen-bond acceptors (Lipinski definition) is 6. The number of methoxy groups -OCH3 is 1. The summed E-state index contributed by atoms with van der Waals surface area (Å²) in [4.78, 5) is 11.1. The van der Waals surface area contributed by atoms with Crippen LogP contribution in [0.25, 0.3) is 0 Å². The largest absolute Gasteiger partial charge is 0.453 e. The summed E-state index contributed by atoms with van der Waals surface area (Å²) < 4.78 is 32.0. The summed E-state index contributed by atoms with van der Waals surface area (Å²) >= 11 is 0. The summed E-state index contributed by atoms with van der Waals surface area (Å²) in [6.45, 7) is 0.497. The Labute approximate surface area is 116 Å². The van der Waals surface area contributed by atoms with Gasteiger partial charge < -0.3 is 15.8 Å². The summed E-state index contributed by atoms with van der Waals surface area (Å²) in [7, 11) is -0.834. The van der Waals surface area contributed by atoms with E-state index in [0.717, 1.165) is 0 Å². The predicted octanol–water partition coefficient (Wildman–Crippen LogP) is -0.879. The van der Waals surface area contributed by atoms with Crippen molar-refractivity contribution in [1.82, 2.24) is 19.4 Å². The number of nitrogens with two attached hydrogens (primary N) is 1. The first-order valence-corrected chi connectivity index (χ1v) is 7.42. The molecule has 2 rings (SSSR count). The maximum atomic E-state index is 12.4. The summed E-state index contributed by atoms with van der Waals surface area (Å²) in [5.74, 6) is -0.0307. The van der Waals surface area contributed by atoms with Gasteiger partial charge in [0.25, 0.3) is 0 Å². The Morgan fingerprint density at radius 2 is 2.30 bits per heavy atom. The van der Waals surface area contributed by atoms with E-state index in [1.807, 2.05) is 0 Å². The van der Waals surface area contributed by atoms with Gasteiger partial charge in [-0.3, -0.25) is 4.68 Å². The quantitative estimate of drug-likeness (QED) is 0.748. The number of nitrogens with zero attached hydrogens (tertiary/aromatic N) is 3. The Hall–Kier alpha value is -1.81. The number of nitrogens with one attached hydrogen (secondary N) is 1. The molecule has 1 aromatic rings. The smallest absolute Gasteiger partial charge is 0.407 e. The first-order valence-electron chi connectivity index (χ1n) is 5.98. The van der Waals surface area contributed by atoms with Crippen LogP contribution in [0.3, 0.4) is 0 Å². The van der Waals surface area contributed by atoms with Gasteiger partial charge in [0.2, 0.25) is 10.0 Å². The van der Waals surface area contributed by atoms with Crippen LogP contribution in [0, 0.1) is 0 Å². The molecule has 1 atom stereocenters. The number of rotatable bonds is 3. The number of nitrogen functional groups attached to an aromatic ring is 1. The number of carbonyl (C=O) groups excluding carboxylic acids is 1. The van der Waals surface area contributed by atoms with E-state index in [9.17, 15) is 13.2 Å². The number of amides is 1. The number of ether oxygens (including phenoxy) is 1. The predicted molar refractivity (Wildman–Crippen MR) is 70.3 cm³/mol. The van der Waals surface area contributed by atoms with Gasteiger partial charge >= 0.3 is 6.09 Å². The molecule has 0 aliphatic carbocycles. The summed E-state index contributed by atoms with van der Waals surface area (Å²) in [6, 6.07) is -0.268. The van der Waals surface area contributed by atoms with Crippen molar-refractivity contribution in [2.24, 2.45) is 7.05 Å². The molecule has 1 aromatic heterocycles. The van der Waals surface area contributed by atoms with Gasteiger partial charge in [0.05, 0.1) is 7.11 Å². The van der Waals surface area contributed by atoms with Crippen molar-refractivity contribution in [2.75, 3.05) is 25.9 Å². The van der Waals surface area contributed by atoms with Crippen molar-refractivity contribution in [3.63, 3.8) is 0 Å². The number of aryl methyl sites for hydroxylation is 1. The summed E-state index contributed by atoms with van der Waals surface area (Å²) in [5.41, 5.74) is 5.60. The molecular weight excluding hydrogens is 286 g/mol. The zero-order chi connectivity index (χ0) is 14.9. The Morgan fingerprint density at radius 3 is 2.85 bits per heavy atom. The molecule has 20 heavy (non-hydrogen) atoms. The fourth-order valence-electron chi connectivity index (χ4n) is 2.11. The van der Waals surface area contributed by atoms with Crippen LogP contribution < -0.4 is 11.1 Å². The molecule has 1 amide bonds. The van der Waals surface area contributed by atoms with Gasteiger partial charge in [-0.25, -0.2) is 13.2 Å². The fraction of sp³-hybridized carbons (Fsp3) is 0.600. The highest BCUT2D eigenvalue weighted by atomic mass is 32.2. The maximum absolute atomic E-state index is 12.4. The normalized spacial score (nSPS) is 20.0. The standard InChI is InChI=1S/C10H17N5O4S/c1-14-6-8(9(11)13-14)20(17,18)15-4-3-7(5-15)12-10(16)19-2/h6-7H,3-5H2,1-2H3,(H2,11,13)(H,12,16). The highest BCUT2D eigenvalue weighted by Gasteiger charge is 2.35. The molecule has 1 fully saturated rings. The van der Waals surface area contributed by atoms with Gasteiger partial charge in [0, 0.05) is 32.4 Å². The molecule has 1 saturated heterocycles. The third kappa shape index (κ3) is 2.70. The molecule has 1 unspecified atom stereocenters. The zero-order valence-electron chi connectivity index (χ0n) is 11.2. The molecule has 0 spiro atoms. The summed E-state index contributed by atoms with van der Waals surface area (Å²) in [6.07, 6.45) is 1.32. The van der Waals surface area contributed by atoms with E-state index in [-0.39, 0.29) is 23.3 Å². The van der Waals surface area contributed by atoms with E-state index < -0.39 is 16.1 Å². The second kappa shape index (κ2) is 5.29. The third-order valence-corrected chi connectivity index (χ3v) is 4.98. The van der Waals surface area contributed by atoms with Gasteiger partial charge in [0.15, 0.2) is 5.82 Å². The number of hydrogen-bond donors (Lipinski definition) is 2. The molecule has 3 N–H and O–H groups in total. The van der Waals surface area contributed by atoms with Crippen LogP contribution in [0.15, 0.2) is 11.1 Å². The molecule has 1 aliphatic heterocycles. The van der Waals surface area contributed by atoms with Gasteiger partial charge in [0.1, 0.15) is 4.90 Å². The second-order valence-corrected chi connectivity index (χ2v) is 6.44. The van der Waals surface area contributed by atoms with Gasteiger partial charge in [-0.15, -0.1) is 0 Å². The van der Waals surface area contributed by atoms with Crippen molar-refractivity contribution in [3.05, 3.63) is 6.20 Å². The van der Waals surface area contributed by atoms with Crippen LogP contribution in [-0.4, -0.2) is 54.8 Å². The topological polar surface area (TPSA) is 120 Å². The average Bonchev–Trinajstić information content (AvgIpc) is 2.96. The van der Waals surface area contributed by atoms with Crippen LogP contribution in [0.5, 0.6) is 0 Å². The molecule has 0 radical (unpaired) electrons. The molecule has 1 aliphatic rings. The van der Waals surface area contributed by atoms with E-state index in [1.54, 1.807) is 7.05 Å². The minimum absolute atomic E-state index is 0.0151. The zero-order valence-corrected chi connectivity index (χ0v) is 12.1. The number of anilines is 1. The number of sulfonamides is 1. The lowest BCUT2D eigenvalue weighted by Gasteiger charge is -2.16.